The van der Waals surface area contributed by atoms with Gasteiger partial charge >= 0.3 is 5.97 Å². The molecule has 130 valence electrons. The van der Waals surface area contributed by atoms with Crippen LogP contribution < -0.4 is 5.32 Å². The molecule has 7 nitrogen and oxygen atoms in total. The highest BCUT2D eigenvalue weighted by molar-refractivity contribution is 5.67. The van der Waals surface area contributed by atoms with Gasteiger partial charge in [-0.2, -0.15) is 0 Å². The van der Waals surface area contributed by atoms with E-state index in [0.29, 0.717) is 19.4 Å². The van der Waals surface area contributed by atoms with Crippen LogP contribution in [0.1, 0.15) is 18.4 Å². The van der Waals surface area contributed by atoms with Gasteiger partial charge in [0.25, 0.3) is 0 Å². The summed E-state index contributed by atoms with van der Waals surface area (Å²) in [6.07, 6.45) is 3.07. The average molecular weight is 340 g/mol. The zero-order valence-corrected chi connectivity index (χ0v) is 13.7. The largest absolute Gasteiger partial charge is 0.481 e. The number of aliphatic carboxylic acids is 1. The van der Waals surface area contributed by atoms with E-state index in [1.807, 2.05) is 36.4 Å². The Kier molecular flexibility index (Phi) is 5.25. The molecule has 0 unspecified atom stereocenters. The average Bonchev–Trinajstić information content (AvgIpc) is 3.04. The summed E-state index contributed by atoms with van der Waals surface area (Å²) >= 11 is 0. The molecule has 0 bridgehead atoms. The smallest absolute Gasteiger partial charge is 0.303 e. The van der Waals surface area contributed by atoms with Crippen molar-refractivity contribution in [1.82, 2.24) is 14.6 Å². The number of anilines is 1. The summed E-state index contributed by atoms with van der Waals surface area (Å²) in [5.41, 5.74) is 3.56. The lowest BCUT2D eigenvalue weighted by atomic mass is 10.1. The minimum absolute atomic E-state index is 0.124. The van der Waals surface area contributed by atoms with Crippen LogP contribution in [0.2, 0.25) is 0 Å². The number of benzene rings is 1. The molecule has 0 saturated carbocycles. The predicted octanol–water partition coefficient (Wildman–Crippen LogP) is 2.21. The van der Waals surface area contributed by atoms with E-state index in [9.17, 15) is 4.79 Å². The van der Waals surface area contributed by atoms with Crippen molar-refractivity contribution in [3.8, 4) is 11.3 Å². The van der Waals surface area contributed by atoms with Crippen LogP contribution >= 0.6 is 0 Å². The Morgan fingerprint density at radius 2 is 1.96 bits per heavy atom. The molecule has 7 heteroatoms. The molecule has 2 aromatic heterocycles. The molecule has 0 aliphatic carbocycles. The quantitative estimate of drug-likeness (QED) is 0.544. The molecule has 0 spiro atoms. The minimum Gasteiger partial charge on any atom is -0.481 e. The fourth-order valence-corrected chi connectivity index (χ4v) is 2.55. The normalized spacial score (nSPS) is 10.9. The third kappa shape index (κ3) is 4.13. The van der Waals surface area contributed by atoms with E-state index in [-0.39, 0.29) is 13.0 Å². The lowest BCUT2D eigenvalue weighted by molar-refractivity contribution is -0.136. The molecule has 0 aliphatic heterocycles. The van der Waals surface area contributed by atoms with E-state index >= 15 is 0 Å². The van der Waals surface area contributed by atoms with Crippen molar-refractivity contribution >= 4 is 17.4 Å². The Morgan fingerprint density at radius 3 is 2.68 bits per heavy atom. The van der Waals surface area contributed by atoms with Crippen LogP contribution in [0, 0.1) is 0 Å². The first kappa shape index (κ1) is 16.9. The SMILES string of the molecule is O=C(O)CCc1ccc(-c2cnc3ccc(NCCCO)nn23)cc1. The van der Waals surface area contributed by atoms with Crippen LogP contribution in [0.15, 0.2) is 42.6 Å². The van der Waals surface area contributed by atoms with Crippen LogP contribution in [0.3, 0.4) is 0 Å². The summed E-state index contributed by atoms with van der Waals surface area (Å²) in [6, 6.07) is 11.5. The van der Waals surface area contributed by atoms with Gasteiger partial charge < -0.3 is 15.5 Å². The Balaban J connectivity index is 1.82. The van der Waals surface area contributed by atoms with Crippen molar-refractivity contribution in [2.75, 3.05) is 18.5 Å². The van der Waals surface area contributed by atoms with E-state index in [0.717, 1.165) is 28.3 Å². The van der Waals surface area contributed by atoms with E-state index in [4.69, 9.17) is 10.2 Å². The fourth-order valence-electron chi connectivity index (χ4n) is 2.55. The topological polar surface area (TPSA) is 99.8 Å². The number of aromatic nitrogens is 3. The number of fused-ring (bicyclic) bond motifs is 1. The van der Waals surface area contributed by atoms with Gasteiger partial charge in [0.05, 0.1) is 11.9 Å². The molecule has 3 rings (SSSR count). The van der Waals surface area contributed by atoms with Crippen LogP contribution in [-0.2, 0) is 11.2 Å². The van der Waals surface area contributed by atoms with Gasteiger partial charge in [0.15, 0.2) is 5.65 Å². The van der Waals surface area contributed by atoms with Crippen molar-refractivity contribution in [2.45, 2.75) is 19.3 Å². The van der Waals surface area contributed by atoms with E-state index in [1.54, 1.807) is 10.7 Å². The Hall–Kier alpha value is -2.93. The first-order valence-electron chi connectivity index (χ1n) is 8.18. The van der Waals surface area contributed by atoms with Crippen molar-refractivity contribution in [3.63, 3.8) is 0 Å². The number of nitrogens with zero attached hydrogens (tertiary/aromatic N) is 3. The maximum absolute atomic E-state index is 10.7. The molecule has 0 amide bonds. The van der Waals surface area contributed by atoms with Gasteiger partial charge in [0, 0.05) is 25.1 Å². The maximum atomic E-state index is 10.7. The molecule has 3 N–H and O–H groups in total. The van der Waals surface area contributed by atoms with Gasteiger partial charge in [0.1, 0.15) is 5.82 Å². The molecular weight excluding hydrogens is 320 g/mol. The van der Waals surface area contributed by atoms with Crippen LogP contribution in [0.4, 0.5) is 5.82 Å². The number of nitrogens with one attached hydrogen (secondary N) is 1. The Morgan fingerprint density at radius 1 is 1.16 bits per heavy atom. The number of aliphatic hydroxyl groups is 1. The number of hydrogen-bond donors (Lipinski definition) is 3. The van der Waals surface area contributed by atoms with Crippen molar-refractivity contribution in [1.29, 1.82) is 0 Å². The molecule has 2 heterocycles. The first-order valence-corrected chi connectivity index (χ1v) is 8.18. The number of carbonyl (C=O) groups is 1. The maximum Gasteiger partial charge on any atom is 0.303 e. The molecule has 0 radical (unpaired) electrons. The van der Waals surface area contributed by atoms with Crippen molar-refractivity contribution in [3.05, 3.63) is 48.2 Å². The van der Waals surface area contributed by atoms with Gasteiger partial charge in [-0.1, -0.05) is 24.3 Å². The lowest BCUT2D eigenvalue weighted by Gasteiger charge is -2.07. The van der Waals surface area contributed by atoms with Gasteiger partial charge in [-0.3, -0.25) is 4.79 Å². The third-order valence-corrected chi connectivity index (χ3v) is 3.88. The number of rotatable bonds is 8. The second-order valence-corrected chi connectivity index (χ2v) is 5.73. The van der Waals surface area contributed by atoms with Crippen LogP contribution in [-0.4, -0.2) is 43.9 Å². The summed E-state index contributed by atoms with van der Waals surface area (Å²) < 4.78 is 1.77. The number of carboxylic acids is 1. The third-order valence-electron chi connectivity index (χ3n) is 3.88. The van der Waals surface area contributed by atoms with Gasteiger partial charge in [-0.05, 0) is 30.5 Å². The van der Waals surface area contributed by atoms with E-state index in [2.05, 4.69) is 15.4 Å². The van der Waals surface area contributed by atoms with Crippen LogP contribution in [0.5, 0.6) is 0 Å². The summed E-state index contributed by atoms with van der Waals surface area (Å²) in [5.74, 6) is -0.0745. The molecule has 1 aromatic carbocycles. The highest BCUT2D eigenvalue weighted by Gasteiger charge is 2.08. The molecule has 0 fully saturated rings. The molecule has 0 atom stereocenters. The summed E-state index contributed by atoms with van der Waals surface area (Å²) in [6.45, 7) is 0.789. The number of aryl methyl sites for hydroxylation is 1. The number of imidazole rings is 1. The van der Waals surface area contributed by atoms with Crippen molar-refractivity contribution in [2.24, 2.45) is 0 Å². The number of carboxylic acid groups (broad SMARTS) is 1. The van der Waals surface area contributed by atoms with Crippen LogP contribution in [0.25, 0.3) is 16.9 Å². The molecular formula is C18H20N4O3. The monoisotopic (exact) mass is 340 g/mol. The standard InChI is InChI=1S/C18H20N4O3/c23-11-1-10-19-16-7-8-17-20-12-15(22(17)21-16)14-5-2-13(3-6-14)4-9-18(24)25/h2-3,5-8,12,23H,1,4,9-11H2,(H,19,21)(H,24,25). The molecule has 0 aliphatic rings. The highest BCUT2D eigenvalue weighted by atomic mass is 16.4. The van der Waals surface area contributed by atoms with Gasteiger partial charge in [-0.25, -0.2) is 9.50 Å². The Labute approximate surface area is 145 Å². The summed E-state index contributed by atoms with van der Waals surface area (Å²) in [4.78, 5) is 15.0. The zero-order valence-electron chi connectivity index (χ0n) is 13.7. The molecule has 3 aromatic rings. The number of aliphatic hydroxyl groups excluding tert-OH is 1. The van der Waals surface area contributed by atoms with Crippen molar-refractivity contribution < 1.29 is 15.0 Å². The van der Waals surface area contributed by atoms with E-state index in [1.165, 1.54) is 0 Å². The summed E-state index contributed by atoms with van der Waals surface area (Å²) in [7, 11) is 0. The highest BCUT2D eigenvalue weighted by Crippen LogP contribution is 2.21. The lowest BCUT2D eigenvalue weighted by Crippen LogP contribution is -2.07. The first-order chi connectivity index (χ1) is 12.2. The zero-order chi connectivity index (χ0) is 17.6. The summed E-state index contributed by atoms with van der Waals surface area (Å²) in [5, 5.41) is 25.3. The Bertz CT molecular complexity index is 858. The number of hydrogen-bond acceptors (Lipinski definition) is 5. The minimum atomic E-state index is -0.795. The predicted molar refractivity (Wildman–Crippen MR) is 94.6 cm³/mol. The van der Waals surface area contributed by atoms with Gasteiger partial charge in [-0.15, -0.1) is 5.10 Å². The fraction of sp³-hybridized carbons (Fsp3) is 0.278. The second kappa shape index (κ2) is 7.76. The second-order valence-electron chi connectivity index (χ2n) is 5.73. The van der Waals surface area contributed by atoms with Gasteiger partial charge in [0.2, 0.25) is 0 Å². The van der Waals surface area contributed by atoms with E-state index < -0.39 is 5.97 Å². The molecule has 0 saturated heterocycles. The molecule has 25 heavy (non-hydrogen) atoms.